The Morgan fingerprint density at radius 3 is 2.46 bits per heavy atom. The van der Waals surface area contributed by atoms with Crippen LogP contribution in [0.1, 0.15) is 5.56 Å². The third-order valence-electron chi connectivity index (χ3n) is 3.84. The molecule has 0 radical (unpaired) electrons. The standard InChI is InChI=1S/C20H12Cl2N2O2/c21-12-5-10-18(16(22)11-12)26-14-8-6-13(7-9-14)23-19-15-3-1-2-4-17(15)24-20(19)25/h1-11H,(H,23,24,25). The van der Waals surface area contributed by atoms with Gasteiger partial charge in [0.25, 0.3) is 5.91 Å². The molecule has 3 aromatic rings. The summed E-state index contributed by atoms with van der Waals surface area (Å²) < 4.78 is 5.75. The number of hydrogen-bond donors (Lipinski definition) is 1. The number of anilines is 1. The molecule has 0 aliphatic carbocycles. The molecule has 26 heavy (non-hydrogen) atoms. The Balaban J connectivity index is 1.58. The molecule has 3 aromatic carbocycles. The zero-order valence-electron chi connectivity index (χ0n) is 13.4. The zero-order valence-corrected chi connectivity index (χ0v) is 14.9. The Morgan fingerprint density at radius 2 is 1.69 bits per heavy atom. The van der Waals surface area contributed by atoms with Gasteiger partial charge in [0.2, 0.25) is 0 Å². The van der Waals surface area contributed by atoms with Crippen molar-refractivity contribution in [2.45, 2.75) is 0 Å². The van der Waals surface area contributed by atoms with E-state index >= 15 is 0 Å². The Bertz CT molecular complexity index is 1030. The summed E-state index contributed by atoms with van der Waals surface area (Å²) in [6, 6.07) is 19.6. The number of fused-ring (bicyclic) bond motifs is 1. The van der Waals surface area contributed by atoms with Crippen molar-refractivity contribution in [3.05, 3.63) is 82.3 Å². The minimum atomic E-state index is -0.209. The predicted octanol–water partition coefficient (Wildman–Crippen LogP) is 5.86. The van der Waals surface area contributed by atoms with Gasteiger partial charge in [-0.05, 0) is 48.5 Å². The molecule has 4 nitrogen and oxygen atoms in total. The van der Waals surface area contributed by atoms with Crippen LogP contribution in [-0.4, -0.2) is 11.6 Å². The van der Waals surface area contributed by atoms with Gasteiger partial charge in [0.1, 0.15) is 17.2 Å². The van der Waals surface area contributed by atoms with E-state index in [-0.39, 0.29) is 5.91 Å². The largest absolute Gasteiger partial charge is 0.456 e. The number of halogens is 2. The van der Waals surface area contributed by atoms with Crippen LogP contribution in [-0.2, 0) is 4.79 Å². The summed E-state index contributed by atoms with van der Waals surface area (Å²) in [5.74, 6) is 0.910. The van der Waals surface area contributed by atoms with Gasteiger partial charge in [0, 0.05) is 10.6 Å². The number of nitrogens with one attached hydrogen (secondary N) is 1. The average Bonchev–Trinajstić information content (AvgIpc) is 2.94. The molecule has 1 aliphatic heterocycles. The number of rotatable bonds is 3. The summed E-state index contributed by atoms with van der Waals surface area (Å²) >= 11 is 12.0. The fourth-order valence-corrected chi connectivity index (χ4v) is 3.06. The summed E-state index contributed by atoms with van der Waals surface area (Å²) in [5, 5.41) is 3.78. The fourth-order valence-electron chi connectivity index (χ4n) is 2.62. The van der Waals surface area contributed by atoms with Crippen molar-refractivity contribution in [2.24, 2.45) is 4.99 Å². The van der Waals surface area contributed by atoms with Crippen LogP contribution < -0.4 is 10.1 Å². The van der Waals surface area contributed by atoms with Gasteiger partial charge in [-0.1, -0.05) is 41.4 Å². The first-order chi connectivity index (χ1) is 12.6. The molecule has 0 fully saturated rings. The second kappa shape index (κ2) is 6.83. The van der Waals surface area contributed by atoms with E-state index in [0.29, 0.717) is 32.9 Å². The molecule has 0 spiro atoms. The molecule has 128 valence electrons. The Morgan fingerprint density at radius 1 is 0.923 bits per heavy atom. The van der Waals surface area contributed by atoms with E-state index in [0.717, 1.165) is 11.3 Å². The third kappa shape index (κ3) is 3.29. The lowest BCUT2D eigenvalue weighted by Crippen LogP contribution is -2.13. The highest BCUT2D eigenvalue weighted by atomic mass is 35.5. The van der Waals surface area contributed by atoms with E-state index in [1.54, 1.807) is 42.5 Å². The lowest BCUT2D eigenvalue weighted by atomic mass is 10.1. The summed E-state index contributed by atoms with van der Waals surface area (Å²) in [6.07, 6.45) is 0. The van der Waals surface area contributed by atoms with E-state index in [1.165, 1.54) is 0 Å². The second-order valence-electron chi connectivity index (χ2n) is 5.63. The van der Waals surface area contributed by atoms with Gasteiger partial charge in [0.05, 0.1) is 16.4 Å². The maximum atomic E-state index is 12.1. The minimum absolute atomic E-state index is 0.209. The molecule has 0 saturated carbocycles. The number of hydrogen-bond acceptors (Lipinski definition) is 3. The third-order valence-corrected chi connectivity index (χ3v) is 4.38. The summed E-state index contributed by atoms with van der Waals surface area (Å²) in [6.45, 7) is 0. The van der Waals surface area contributed by atoms with Crippen molar-refractivity contribution in [3.63, 3.8) is 0 Å². The zero-order chi connectivity index (χ0) is 18.1. The maximum Gasteiger partial charge on any atom is 0.275 e. The number of ether oxygens (including phenoxy) is 1. The first-order valence-electron chi connectivity index (χ1n) is 7.82. The van der Waals surface area contributed by atoms with Crippen molar-refractivity contribution < 1.29 is 9.53 Å². The highest BCUT2D eigenvalue weighted by Crippen LogP contribution is 2.32. The van der Waals surface area contributed by atoms with Gasteiger partial charge >= 0.3 is 0 Å². The van der Waals surface area contributed by atoms with E-state index in [4.69, 9.17) is 27.9 Å². The molecule has 0 aromatic heterocycles. The number of carbonyl (C=O) groups is 1. The van der Waals surface area contributed by atoms with Gasteiger partial charge in [0.15, 0.2) is 0 Å². The van der Waals surface area contributed by atoms with Crippen molar-refractivity contribution in [2.75, 3.05) is 5.32 Å². The molecule has 0 bridgehead atoms. The Kier molecular flexibility index (Phi) is 4.37. The van der Waals surface area contributed by atoms with Crippen LogP contribution >= 0.6 is 23.2 Å². The number of nitrogens with zero attached hydrogens (tertiary/aromatic N) is 1. The first kappa shape index (κ1) is 16.6. The average molecular weight is 383 g/mol. The van der Waals surface area contributed by atoms with Gasteiger partial charge < -0.3 is 10.1 Å². The summed E-state index contributed by atoms with van der Waals surface area (Å²) in [7, 11) is 0. The first-order valence-corrected chi connectivity index (χ1v) is 8.58. The molecule has 0 atom stereocenters. The molecular weight excluding hydrogens is 371 g/mol. The number of benzene rings is 3. The molecule has 1 aliphatic rings. The highest BCUT2D eigenvalue weighted by Gasteiger charge is 2.25. The molecule has 1 N–H and O–H groups in total. The van der Waals surface area contributed by atoms with Gasteiger partial charge in [-0.15, -0.1) is 0 Å². The predicted molar refractivity (Wildman–Crippen MR) is 104 cm³/mol. The van der Waals surface area contributed by atoms with Crippen LogP contribution in [0.5, 0.6) is 11.5 Å². The highest BCUT2D eigenvalue weighted by molar-refractivity contribution is 6.54. The van der Waals surface area contributed by atoms with E-state index < -0.39 is 0 Å². The topological polar surface area (TPSA) is 50.7 Å². The minimum Gasteiger partial charge on any atom is -0.456 e. The second-order valence-corrected chi connectivity index (χ2v) is 6.47. The van der Waals surface area contributed by atoms with Crippen molar-refractivity contribution >= 4 is 46.2 Å². The molecule has 4 rings (SSSR count). The fraction of sp³-hybridized carbons (Fsp3) is 0. The van der Waals surface area contributed by atoms with Crippen LogP contribution in [0.2, 0.25) is 10.0 Å². The Labute approximate surface area is 160 Å². The molecule has 6 heteroatoms. The number of amides is 1. The van der Waals surface area contributed by atoms with E-state index in [9.17, 15) is 4.79 Å². The monoisotopic (exact) mass is 382 g/mol. The van der Waals surface area contributed by atoms with E-state index in [2.05, 4.69) is 10.3 Å². The normalized spacial score (nSPS) is 14.2. The van der Waals surface area contributed by atoms with Crippen molar-refractivity contribution in [1.29, 1.82) is 0 Å². The smallest absolute Gasteiger partial charge is 0.275 e. The van der Waals surface area contributed by atoms with Crippen LogP contribution in [0.15, 0.2) is 71.7 Å². The number of carbonyl (C=O) groups excluding carboxylic acids is 1. The number of para-hydroxylation sites is 1. The molecule has 1 amide bonds. The van der Waals surface area contributed by atoms with Crippen LogP contribution in [0.4, 0.5) is 11.4 Å². The van der Waals surface area contributed by atoms with Gasteiger partial charge in [-0.25, -0.2) is 4.99 Å². The molecule has 0 unspecified atom stereocenters. The molecule has 0 saturated heterocycles. The lowest BCUT2D eigenvalue weighted by Gasteiger charge is -2.08. The van der Waals surface area contributed by atoms with Crippen molar-refractivity contribution in [3.8, 4) is 11.5 Å². The van der Waals surface area contributed by atoms with E-state index in [1.807, 2.05) is 24.3 Å². The summed E-state index contributed by atoms with van der Waals surface area (Å²) in [5.41, 5.74) is 2.62. The van der Waals surface area contributed by atoms with Crippen LogP contribution in [0.25, 0.3) is 0 Å². The van der Waals surface area contributed by atoms with Gasteiger partial charge in [-0.3, -0.25) is 4.79 Å². The maximum absolute atomic E-state index is 12.1. The SMILES string of the molecule is O=C1Nc2ccccc2C1=Nc1ccc(Oc2ccc(Cl)cc2Cl)cc1. The van der Waals surface area contributed by atoms with Gasteiger partial charge in [-0.2, -0.15) is 0 Å². The van der Waals surface area contributed by atoms with Crippen LogP contribution in [0, 0.1) is 0 Å². The lowest BCUT2D eigenvalue weighted by molar-refractivity contribution is -0.110. The molecular formula is C20H12Cl2N2O2. The molecule has 1 heterocycles. The summed E-state index contributed by atoms with van der Waals surface area (Å²) in [4.78, 5) is 16.6. The number of aliphatic imine (C=N–C) groups is 1. The quantitative estimate of drug-likeness (QED) is 0.616. The Hall–Kier alpha value is -2.82. The van der Waals surface area contributed by atoms with Crippen molar-refractivity contribution in [1.82, 2.24) is 0 Å². The van der Waals surface area contributed by atoms with Crippen LogP contribution in [0.3, 0.4) is 0 Å².